The first-order chi connectivity index (χ1) is 8.56. The van der Waals surface area contributed by atoms with Crippen molar-refractivity contribution in [1.29, 1.82) is 0 Å². The Labute approximate surface area is 109 Å². The Balaban J connectivity index is 2.02. The molecule has 1 aromatic carbocycles. The lowest BCUT2D eigenvalue weighted by molar-refractivity contribution is 0.0883. The fourth-order valence-electron chi connectivity index (χ4n) is 1.92. The number of aliphatic hydroxyl groups excluding tert-OH is 1. The van der Waals surface area contributed by atoms with Crippen LogP contribution in [0.25, 0.3) is 0 Å². The van der Waals surface area contributed by atoms with Gasteiger partial charge in [-0.2, -0.15) is 0 Å². The molecule has 2 rings (SSSR count). The van der Waals surface area contributed by atoms with Crippen molar-refractivity contribution in [3.05, 3.63) is 29.0 Å². The van der Waals surface area contributed by atoms with Gasteiger partial charge in [-0.3, -0.25) is 0 Å². The molecule has 1 aliphatic rings. The fraction of sp³-hybridized carbons (Fsp3) is 0.417. The third-order valence-electron chi connectivity index (χ3n) is 2.86. The molecule has 1 fully saturated rings. The van der Waals surface area contributed by atoms with Gasteiger partial charge in [-0.25, -0.2) is 9.18 Å². The number of likely N-dealkylation sites (tertiary alicyclic amines) is 1. The molecule has 4 nitrogen and oxygen atoms in total. The zero-order chi connectivity index (χ0) is 13.1. The van der Waals surface area contributed by atoms with Crippen molar-refractivity contribution >= 4 is 23.3 Å². The van der Waals surface area contributed by atoms with Crippen LogP contribution in [0.15, 0.2) is 18.2 Å². The molecule has 98 valence electrons. The van der Waals surface area contributed by atoms with Gasteiger partial charge in [0.15, 0.2) is 0 Å². The third kappa shape index (κ3) is 3.11. The minimum absolute atomic E-state index is 0.0875. The summed E-state index contributed by atoms with van der Waals surface area (Å²) >= 11 is 5.63. The molecule has 18 heavy (non-hydrogen) atoms. The number of urea groups is 1. The average Bonchev–Trinajstić information content (AvgIpc) is 2.32. The zero-order valence-electron chi connectivity index (χ0n) is 9.70. The Morgan fingerprint density at radius 2 is 2.33 bits per heavy atom. The molecule has 0 aliphatic carbocycles. The summed E-state index contributed by atoms with van der Waals surface area (Å²) in [5.74, 6) is -0.576. The summed E-state index contributed by atoms with van der Waals surface area (Å²) in [5.41, 5.74) is 0.0875. The maximum absolute atomic E-state index is 13.5. The van der Waals surface area contributed by atoms with E-state index in [2.05, 4.69) is 5.32 Å². The molecule has 1 atom stereocenters. The number of nitrogens with one attached hydrogen (secondary N) is 1. The first kappa shape index (κ1) is 13.1. The van der Waals surface area contributed by atoms with E-state index in [1.165, 1.54) is 17.0 Å². The summed E-state index contributed by atoms with van der Waals surface area (Å²) < 4.78 is 13.5. The van der Waals surface area contributed by atoms with E-state index in [9.17, 15) is 14.3 Å². The molecule has 0 saturated carbocycles. The third-order valence-corrected chi connectivity index (χ3v) is 3.09. The van der Waals surface area contributed by atoms with Crippen LogP contribution >= 0.6 is 11.6 Å². The van der Waals surface area contributed by atoms with E-state index in [1.54, 1.807) is 0 Å². The summed E-state index contributed by atoms with van der Waals surface area (Å²) in [4.78, 5) is 13.3. The number of aliphatic hydroxyl groups is 1. The van der Waals surface area contributed by atoms with Crippen molar-refractivity contribution < 1.29 is 14.3 Å². The number of carbonyl (C=O) groups excluding carboxylic acids is 1. The zero-order valence-corrected chi connectivity index (χ0v) is 10.5. The Bertz CT molecular complexity index is 456. The highest BCUT2D eigenvalue weighted by Gasteiger charge is 2.22. The van der Waals surface area contributed by atoms with Crippen LogP contribution in [0.5, 0.6) is 0 Å². The van der Waals surface area contributed by atoms with Crippen molar-refractivity contribution in [3.8, 4) is 0 Å². The summed E-state index contributed by atoms with van der Waals surface area (Å²) in [6.45, 7) is 0.846. The van der Waals surface area contributed by atoms with Crippen molar-refractivity contribution in [2.45, 2.75) is 18.9 Å². The molecule has 2 amide bonds. The van der Waals surface area contributed by atoms with Gasteiger partial charge in [-0.1, -0.05) is 11.6 Å². The minimum Gasteiger partial charge on any atom is -0.391 e. The Morgan fingerprint density at radius 1 is 1.56 bits per heavy atom. The number of β-amino-alcohol motifs (C(OH)–C–C–N with tert-alkyl or cyclic N) is 1. The lowest BCUT2D eigenvalue weighted by Crippen LogP contribution is -2.44. The van der Waals surface area contributed by atoms with Gasteiger partial charge in [0.2, 0.25) is 0 Å². The van der Waals surface area contributed by atoms with E-state index in [1.807, 2.05) is 0 Å². The van der Waals surface area contributed by atoms with E-state index < -0.39 is 18.0 Å². The van der Waals surface area contributed by atoms with Crippen LogP contribution in [0, 0.1) is 5.82 Å². The second-order valence-corrected chi connectivity index (χ2v) is 4.73. The summed E-state index contributed by atoms with van der Waals surface area (Å²) in [5, 5.41) is 12.2. The second-order valence-electron chi connectivity index (χ2n) is 4.30. The highest BCUT2D eigenvalue weighted by atomic mass is 35.5. The Morgan fingerprint density at radius 3 is 3.00 bits per heavy atom. The van der Waals surface area contributed by atoms with Gasteiger partial charge in [0.05, 0.1) is 11.8 Å². The normalized spacial score (nSPS) is 19.7. The number of piperidine rings is 1. The van der Waals surface area contributed by atoms with Crippen LogP contribution in [-0.2, 0) is 0 Å². The molecule has 1 heterocycles. The van der Waals surface area contributed by atoms with Gasteiger partial charge >= 0.3 is 6.03 Å². The maximum Gasteiger partial charge on any atom is 0.322 e. The average molecular weight is 273 g/mol. The van der Waals surface area contributed by atoms with Crippen LogP contribution in [-0.4, -0.2) is 35.2 Å². The van der Waals surface area contributed by atoms with Crippen molar-refractivity contribution in [2.75, 3.05) is 18.4 Å². The van der Waals surface area contributed by atoms with Gasteiger partial charge in [0.1, 0.15) is 5.82 Å². The fourth-order valence-corrected chi connectivity index (χ4v) is 2.08. The quantitative estimate of drug-likeness (QED) is 0.825. The minimum atomic E-state index is -0.576. The van der Waals surface area contributed by atoms with E-state index in [0.717, 1.165) is 12.5 Å². The van der Waals surface area contributed by atoms with Gasteiger partial charge in [-0.15, -0.1) is 0 Å². The maximum atomic E-state index is 13.5. The van der Waals surface area contributed by atoms with Gasteiger partial charge in [0, 0.05) is 18.1 Å². The Kier molecular flexibility index (Phi) is 4.04. The number of anilines is 1. The van der Waals surface area contributed by atoms with E-state index in [-0.39, 0.29) is 17.3 Å². The molecule has 6 heteroatoms. The molecule has 0 aromatic heterocycles. The lowest BCUT2D eigenvalue weighted by atomic mass is 10.1. The Hall–Kier alpha value is -1.33. The van der Waals surface area contributed by atoms with Gasteiger partial charge < -0.3 is 15.3 Å². The molecule has 0 unspecified atom stereocenters. The largest absolute Gasteiger partial charge is 0.391 e. The monoisotopic (exact) mass is 272 g/mol. The first-order valence-electron chi connectivity index (χ1n) is 5.75. The number of amides is 2. The van der Waals surface area contributed by atoms with Gasteiger partial charge in [0.25, 0.3) is 0 Å². The van der Waals surface area contributed by atoms with Gasteiger partial charge in [-0.05, 0) is 31.0 Å². The highest BCUT2D eigenvalue weighted by molar-refractivity contribution is 6.30. The van der Waals surface area contributed by atoms with Crippen molar-refractivity contribution in [1.82, 2.24) is 4.90 Å². The second kappa shape index (κ2) is 5.54. The van der Waals surface area contributed by atoms with Crippen LogP contribution in [0.2, 0.25) is 5.02 Å². The molecule has 2 N–H and O–H groups in total. The number of hydrogen-bond donors (Lipinski definition) is 2. The molecular formula is C12H14ClFN2O2. The van der Waals surface area contributed by atoms with Crippen LogP contribution in [0.4, 0.5) is 14.9 Å². The highest BCUT2D eigenvalue weighted by Crippen LogP contribution is 2.20. The number of carbonyl (C=O) groups is 1. The number of benzene rings is 1. The number of rotatable bonds is 1. The van der Waals surface area contributed by atoms with E-state index in [4.69, 9.17) is 11.6 Å². The van der Waals surface area contributed by atoms with Crippen molar-refractivity contribution in [2.24, 2.45) is 0 Å². The predicted molar refractivity (Wildman–Crippen MR) is 67.2 cm³/mol. The number of hydrogen-bond acceptors (Lipinski definition) is 2. The molecule has 1 aliphatic heterocycles. The summed E-state index contributed by atoms with van der Waals surface area (Å²) in [6, 6.07) is 3.65. The summed E-state index contributed by atoms with van der Waals surface area (Å²) in [7, 11) is 0. The molecular weight excluding hydrogens is 259 g/mol. The molecule has 1 aromatic rings. The molecule has 0 radical (unpaired) electrons. The van der Waals surface area contributed by atoms with E-state index >= 15 is 0 Å². The van der Waals surface area contributed by atoms with E-state index in [0.29, 0.717) is 13.0 Å². The standard InChI is InChI=1S/C12H14ClFN2O2/c13-8-3-4-11(10(14)6-8)15-12(18)16-5-1-2-9(17)7-16/h3-4,6,9,17H,1-2,5,7H2,(H,15,18)/t9-/m1/s1. The van der Waals surface area contributed by atoms with Crippen LogP contribution in [0.1, 0.15) is 12.8 Å². The number of halogens is 2. The first-order valence-corrected chi connectivity index (χ1v) is 6.13. The smallest absolute Gasteiger partial charge is 0.322 e. The predicted octanol–water partition coefficient (Wildman–Crippen LogP) is 2.47. The SMILES string of the molecule is O=C(Nc1ccc(Cl)cc1F)N1CCC[C@@H](O)C1. The van der Waals surface area contributed by atoms with Crippen molar-refractivity contribution in [3.63, 3.8) is 0 Å². The lowest BCUT2D eigenvalue weighted by Gasteiger charge is -2.30. The topological polar surface area (TPSA) is 52.6 Å². The van der Waals surface area contributed by atoms with Crippen LogP contribution in [0.3, 0.4) is 0 Å². The molecule has 0 bridgehead atoms. The van der Waals surface area contributed by atoms with Crippen LogP contribution < -0.4 is 5.32 Å². The summed E-state index contributed by atoms with van der Waals surface area (Å²) in [6.07, 6.45) is 0.941. The number of nitrogens with zero attached hydrogens (tertiary/aromatic N) is 1. The molecule has 0 spiro atoms. The molecule has 1 saturated heterocycles.